The molecule has 0 saturated heterocycles. The molecule has 0 aliphatic carbocycles. The second kappa shape index (κ2) is 13.4. The van der Waals surface area contributed by atoms with E-state index in [0.717, 1.165) is 10.7 Å². The van der Waals surface area contributed by atoms with Gasteiger partial charge in [-0.1, -0.05) is 63.7 Å². The van der Waals surface area contributed by atoms with Crippen LogP contribution in [0.3, 0.4) is 0 Å². The first kappa shape index (κ1) is 27.8. The van der Waals surface area contributed by atoms with Crippen molar-refractivity contribution in [2.24, 2.45) is 0 Å². The van der Waals surface area contributed by atoms with Gasteiger partial charge in [-0.3, -0.25) is 4.79 Å². The van der Waals surface area contributed by atoms with Gasteiger partial charge in [0.05, 0.1) is 27.5 Å². The normalized spacial score (nSPS) is 13.1. The van der Waals surface area contributed by atoms with Gasteiger partial charge in [-0.05, 0) is 88.0 Å². The molecule has 0 fully saturated rings. The van der Waals surface area contributed by atoms with Crippen LogP contribution in [0.25, 0.3) is 0 Å². The van der Waals surface area contributed by atoms with Crippen molar-refractivity contribution >= 4 is 133 Å². The van der Waals surface area contributed by atoms with Crippen LogP contribution in [0.5, 0.6) is 11.5 Å². The molecule has 0 spiro atoms. The zero-order valence-corrected chi connectivity index (χ0v) is 27.7. The average Bonchev–Trinajstić information content (AvgIpc) is 2.71. The third kappa shape index (κ3) is 7.81. The van der Waals surface area contributed by atoms with Crippen molar-refractivity contribution in [1.29, 1.82) is 0 Å². The van der Waals surface area contributed by atoms with Gasteiger partial charge in [0.15, 0.2) is 5.78 Å². The number of carbonyl (C=O) groups is 1. The van der Waals surface area contributed by atoms with Crippen molar-refractivity contribution in [3.05, 3.63) is 53.3 Å². The predicted molar refractivity (Wildman–Crippen MR) is 151 cm³/mol. The molecule has 11 heteroatoms. The van der Waals surface area contributed by atoms with E-state index in [1.165, 1.54) is 0 Å². The Labute approximate surface area is 242 Å². The second-order valence-corrected chi connectivity index (χ2v) is 13.3. The Balaban J connectivity index is 2.26. The van der Waals surface area contributed by atoms with Gasteiger partial charge in [0.2, 0.25) is 0 Å². The summed E-state index contributed by atoms with van der Waals surface area (Å²) in [7, 11) is 0. The molecule has 0 radical (unpaired) electrons. The monoisotopic (exact) mass is 921 g/mol. The van der Waals surface area contributed by atoms with Gasteiger partial charge in [-0.2, -0.15) is 0 Å². The zero-order chi connectivity index (χ0) is 22.4. The van der Waals surface area contributed by atoms with E-state index in [2.05, 4.69) is 127 Å². The van der Waals surface area contributed by atoms with Crippen molar-refractivity contribution in [2.45, 2.75) is 9.65 Å². The van der Waals surface area contributed by atoms with Gasteiger partial charge >= 0.3 is 0 Å². The first-order chi connectivity index (χ1) is 14.2. The number of halogens is 8. The molecular weight excluding hydrogens is 915 g/mol. The van der Waals surface area contributed by atoms with Crippen LogP contribution < -0.4 is 9.47 Å². The maximum absolute atomic E-state index is 13.1. The minimum Gasteiger partial charge on any atom is -0.490 e. The highest BCUT2D eigenvalue weighted by Crippen LogP contribution is 2.38. The first-order valence-corrected chi connectivity index (χ1v) is 15.6. The smallest absolute Gasteiger partial charge is 0.193 e. The molecule has 2 unspecified atom stereocenters. The fraction of sp³-hybridized carbons (Fsp3) is 0.316. The Morgan fingerprint density at radius 2 is 1.00 bits per heavy atom. The van der Waals surface area contributed by atoms with E-state index in [1.54, 1.807) is 24.3 Å². The largest absolute Gasteiger partial charge is 0.490 e. The molecule has 2 rings (SSSR count). The Morgan fingerprint density at radius 1 is 0.700 bits per heavy atom. The maximum Gasteiger partial charge on any atom is 0.193 e. The van der Waals surface area contributed by atoms with Crippen LogP contribution in [-0.4, -0.2) is 39.3 Å². The van der Waals surface area contributed by atoms with Crippen LogP contribution in [0.2, 0.25) is 0 Å². The summed E-state index contributed by atoms with van der Waals surface area (Å²) in [5, 5.41) is 1.55. The minimum atomic E-state index is -0.117. The molecule has 0 aliphatic heterocycles. The summed E-state index contributed by atoms with van der Waals surface area (Å²) >= 11 is 27.9. The molecule has 0 saturated carbocycles. The summed E-state index contributed by atoms with van der Waals surface area (Å²) in [5.41, 5.74) is 1.06. The number of ketones is 1. The first-order valence-electron chi connectivity index (χ1n) is 8.36. The average molecular weight is 930 g/mol. The number of hydrogen-bond donors (Lipinski definition) is 0. The van der Waals surface area contributed by atoms with Gasteiger partial charge in [0.1, 0.15) is 24.7 Å². The number of carbonyl (C=O) groups excluding carboxylic acids is 1. The predicted octanol–water partition coefficient (Wildman–Crippen LogP) is 9.04. The van der Waals surface area contributed by atoms with Crippen molar-refractivity contribution in [3.8, 4) is 11.5 Å². The zero-order valence-electron chi connectivity index (χ0n) is 15.0. The van der Waals surface area contributed by atoms with E-state index in [1.807, 2.05) is 0 Å². The lowest BCUT2D eigenvalue weighted by atomic mass is 10.0. The summed E-state index contributed by atoms with van der Waals surface area (Å²) < 4.78 is 14.5. The van der Waals surface area contributed by atoms with E-state index in [4.69, 9.17) is 9.47 Å². The van der Waals surface area contributed by atoms with Gasteiger partial charge in [0.25, 0.3) is 0 Å². The Bertz CT molecular complexity index is 788. The highest BCUT2D eigenvalue weighted by atomic mass is 79.9. The van der Waals surface area contributed by atoms with Crippen molar-refractivity contribution in [1.82, 2.24) is 0 Å². The molecule has 2 atom stereocenters. The third-order valence-corrected chi connectivity index (χ3v) is 10.5. The topological polar surface area (TPSA) is 35.5 Å². The highest BCUT2D eigenvalue weighted by Gasteiger charge is 2.19. The lowest BCUT2D eigenvalue weighted by molar-refractivity contribution is 0.103. The number of ether oxygens (including phenoxy) is 2. The molecule has 30 heavy (non-hydrogen) atoms. The summed E-state index contributed by atoms with van der Waals surface area (Å²) in [6.45, 7) is 0.975. The SMILES string of the molecule is O=C(c1cc(Br)c(OCC(Br)CBr)c(Br)c1)c1cc(Br)c(OCC(Br)CBr)c(Br)c1. The van der Waals surface area contributed by atoms with Crippen LogP contribution >= 0.6 is 127 Å². The molecule has 0 bridgehead atoms. The number of rotatable bonds is 10. The number of hydrogen-bond acceptors (Lipinski definition) is 3. The fourth-order valence-electron chi connectivity index (χ4n) is 2.26. The lowest BCUT2D eigenvalue weighted by Crippen LogP contribution is -2.13. The summed E-state index contributed by atoms with van der Waals surface area (Å²) in [6, 6.07) is 7.05. The van der Waals surface area contributed by atoms with E-state index in [0.29, 0.717) is 53.7 Å². The second-order valence-electron chi connectivity index (χ2n) is 5.99. The van der Waals surface area contributed by atoms with Gasteiger partial charge in [-0.15, -0.1) is 0 Å². The Morgan fingerprint density at radius 3 is 1.27 bits per heavy atom. The van der Waals surface area contributed by atoms with Crippen LogP contribution in [0.1, 0.15) is 15.9 Å². The van der Waals surface area contributed by atoms with Crippen molar-refractivity contribution < 1.29 is 14.3 Å². The number of alkyl halides is 4. The third-order valence-electron chi connectivity index (χ3n) is 3.67. The van der Waals surface area contributed by atoms with Crippen LogP contribution in [0.15, 0.2) is 42.2 Å². The van der Waals surface area contributed by atoms with Crippen LogP contribution in [0.4, 0.5) is 0 Å². The van der Waals surface area contributed by atoms with Crippen molar-refractivity contribution in [3.63, 3.8) is 0 Å². The summed E-state index contributed by atoms with van der Waals surface area (Å²) in [4.78, 5) is 13.5. The summed E-state index contributed by atoms with van der Waals surface area (Å²) in [5.74, 6) is 1.19. The molecule has 0 amide bonds. The molecule has 3 nitrogen and oxygen atoms in total. The standard InChI is InChI=1S/C19H14Br8O3/c20-5-11(22)7-29-18-13(24)1-9(2-14(18)25)17(28)10-3-15(26)19(16(27)4-10)30-8-12(23)6-21/h1-4,11-12H,5-8H2. The summed E-state index contributed by atoms with van der Waals surface area (Å²) in [6.07, 6.45) is 0. The van der Waals surface area contributed by atoms with Gasteiger partial charge in [-0.25, -0.2) is 0 Å². The molecule has 0 N–H and O–H groups in total. The minimum absolute atomic E-state index is 0.117. The highest BCUT2D eigenvalue weighted by molar-refractivity contribution is 9.12. The van der Waals surface area contributed by atoms with Gasteiger partial charge < -0.3 is 9.47 Å². The van der Waals surface area contributed by atoms with Gasteiger partial charge in [0, 0.05) is 21.8 Å². The molecule has 164 valence electrons. The van der Waals surface area contributed by atoms with E-state index in [-0.39, 0.29) is 15.4 Å². The van der Waals surface area contributed by atoms with Crippen molar-refractivity contribution in [2.75, 3.05) is 23.9 Å². The number of benzene rings is 2. The quantitative estimate of drug-likeness (QED) is 0.176. The Kier molecular flexibility index (Phi) is 12.5. The van der Waals surface area contributed by atoms with Crippen LogP contribution in [-0.2, 0) is 0 Å². The molecule has 2 aromatic carbocycles. The lowest BCUT2D eigenvalue weighted by Gasteiger charge is -2.15. The fourth-order valence-corrected chi connectivity index (χ4v) is 5.73. The molecule has 0 aromatic heterocycles. The molecule has 0 aliphatic rings. The maximum atomic E-state index is 13.1. The van der Waals surface area contributed by atoms with E-state index >= 15 is 0 Å². The van der Waals surface area contributed by atoms with E-state index in [9.17, 15) is 4.79 Å². The molecule has 0 heterocycles. The molecular formula is C19H14Br8O3. The Hall–Kier alpha value is 1.55. The van der Waals surface area contributed by atoms with E-state index < -0.39 is 0 Å². The van der Waals surface area contributed by atoms with Crippen LogP contribution in [0, 0.1) is 0 Å². The molecule has 2 aromatic rings.